The van der Waals surface area contributed by atoms with Gasteiger partial charge in [0, 0.05) is 37.9 Å². The fraction of sp³-hybridized carbons (Fsp3) is 0.364. The van der Waals surface area contributed by atoms with E-state index in [1.165, 1.54) is 11.1 Å². The van der Waals surface area contributed by atoms with Crippen molar-refractivity contribution in [1.82, 2.24) is 14.8 Å². The SMILES string of the molecule is O=[C]N1CCN(C(=O)c2ccnc(Cl)c2)CC1. The van der Waals surface area contributed by atoms with Crippen molar-refractivity contribution in [3.05, 3.63) is 29.0 Å². The Morgan fingerprint density at radius 3 is 2.65 bits per heavy atom. The van der Waals surface area contributed by atoms with E-state index < -0.39 is 0 Å². The zero-order valence-electron chi connectivity index (χ0n) is 9.10. The number of piperazine rings is 1. The van der Waals surface area contributed by atoms with Crippen LogP contribution in [-0.4, -0.2) is 53.3 Å². The van der Waals surface area contributed by atoms with Gasteiger partial charge in [-0.15, -0.1) is 0 Å². The first-order valence-corrected chi connectivity index (χ1v) is 5.62. The molecule has 1 saturated heterocycles. The molecule has 6 heteroatoms. The number of aromatic nitrogens is 1. The average molecular weight is 253 g/mol. The normalized spacial score (nSPS) is 15.8. The van der Waals surface area contributed by atoms with Crippen molar-refractivity contribution in [1.29, 1.82) is 0 Å². The van der Waals surface area contributed by atoms with Gasteiger partial charge in [0.25, 0.3) is 5.91 Å². The topological polar surface area (TPSA) is 53.5 Å². The fourth-order valence-corrected chi connectivity index (χ4v) is 1.89. The molecule has 2 amide bonds. The molecule has 0 saturated carbocycles. The van der Waals surface area contributed by atoms with Crippen LogP contribution in [0.3, 0.4) is 0 Å². The highest BCUT2D eigenvalue weighted by molar-refractivity contribution is 6.29. The van der Waals surface area contributed by atoms with Gasteiger partial charge < -0.3 is 9.80 Å². The van der Waals surface area contributed by atoms with Gasteiger partial charge in [0.2, 0.25) is 0 Å². The summed E-state index contributed by atoms with van der Waals surface area (Å²) in [5, 5.41) is 0.302. The summed E-state index contributed by atoms with van der Waals surface area (Å²) in [6, 6.07) is 3.18. The summed E-state index contributed by atoms with van der Waals surface area (Å²) in [7, 11) is 0. The number of carbonyl (C=O) groups is 1. The summed E-state index contributed by atoms with van der Waals surface area (Å²) >= 11 is 5.73. The molecule has 1 aliphatic heterocycles. The highest BCUT2D eigenvalue weighted by Crippen LogP contribution is 2.11. The molecule has 1 aromatic rings. The molecule has 0 unspecified atom stereocenters. The fourth-order valence-electron chi connectivity index (χ4n) is 1.72. The Labute approximate surface area is 104 Å². The number of hydrogen-bond acceptors (Lipinski definition) is 3. The van der Waals surface area contributed by atoms with Gasteiger partial charge in [-0.2, -0.15) is 0 Å². The molecule has 89 valence electrons. The Morgan fingerprint density at radius 2 is 2.06 bits per heavy atom. The molecule has 0 N–H and O–H groups in total. The summed E-state index contributed by atoms with van der Waals surface area (Å²) < 4.78 is 0. The summed E-state index contributed by atoms with van der Waals surface area (Å²) in [5.41, 5.74) is 0.522. The number of nitrogens with zero attached hydrogens (tertiary/aromatic N) is 3. The minimum Gasteiger partial charge on any atom is -0.335 e. The van der Waals surface area contributed by atoms with Crippen molar-refractivity contribution in [3.8, 4) is 0 Å². The lowest BCUT2D eigenvalue weighted by molar-refractivity contribution is 0.0689. The Kier molecular flexibility index (Phi) is 3.58. The lowest BCUT2D eigenvalue weighted by Gasteiger charge is -2.32. The van der Waals surface area contributed by atoms with Crippen LogP contribution in [0.25, 0.3) is 0 Å². The van der Waals surface area contributed by atoms with E-state index in [9.17, 15) is 9.59 Å². The summed E-state index contributed by atoms with van der Waals surface area (Å²) in [6.45, 7) is 2.09. The van der Waals surface area contributed by atoms with E-state index in [4.69, 9.17) is 11.6 Å². The molecule has 17 heavy (non-hydrogen) atoms. The summed E-state index contributed by atoms with van der Waals surface area (Å²) in [4.78, 5) is 29.5. The van der Waals surface area contributed by atoms with Crippen LogP contribution in [0.5, 0.6) is 0 Å². The molecule has 1 radical (unpaired) electrons. The third-order valence-electron chi connectivity index (χ3n) is 2.67. The maximum absolute atomic E-state index is 12.1. The minimum atomic E-state index is -0.0835. The molecule has 0 aromatic carbocycles. The van der Waals surface area contributed by atoms with E-state index >= 15 is 0 Å². The molecular weight excluding hydrogens is 242 g/mol. The van der Waals surface area contributed by atoms with Crippen LogP contribution in [0.4, 0.5) is 0 Å². The number of amides is 2. The number of carbonyl (C=O) groups excluding carboxylic acids is 2. The summed E-state index contributed by atoms with van der Waals surface area (Å²) in [6.07, 6.45) is 3.33. The van der Waals surface area contributed by atoms with Gasteiger partial charge in [-0.1, -0.05) is 11.6 Å². The van der Waals surface area contributed by atoms with Crippen LogP contribution >= 0.6 is 11.6 Å². The predicted octanol–water partition coefficient (Wildman–Crippen LogP) is 0.560. The Balaban J connectivity index is 2.04. The van der Waals surface area contributed by atoms with E-state index in [-0.39, 0.29) is 5.91 Å². The molecule has 1 aromatic heterocycles. The van der Waals surface area contributed by atoms with Crippen molar-refractivity contribution >= 4 is 23.9 Å². The quantitative estimate of drug-likeness (QED) is 0.723. The van der Waals surface area contributed by atoms with Crippen LogP contribution < -0.4 is 0 Å². The van der Waals surface area contributed by atoms with E-state index in [0.29, 0.717) is 36.9 Å². The third-order valence-corrected chi connectivity index (χ3v) is 2.88. The van der Waals surface area contributed by atoms with E-state index in [2.05, 4.69) is 4.98 Å². The molecular formula is C11H11ClN3O2. The van der Waals surface area contributed by atoms with Crippen molar-refractivity contribution in [2.45, 2.75) is 0 Å². The number of pyridine rings is 1. The molecule has 2 heterocycles. The lowest BCUT2D eigenvalue weighted by Crippen LogP contribution is -2.48. The highest BCUT2D eigenvalue weighted by atomic mass is 35.5. The van der Waals surface area contributed by atoms with Crippen molar-refractivity contribution in [2.75, 3.05) is 26.2 Å². The van der Waals surface area contributed by atoms with Crippen molar-refractivity contribution in [2.24, 2.45) is 0 Å². The standard InChI is InChI=1S/C11H11ClN3O2/c12-10-7-9(1-2-13-10)11(17)15-5-3-14(8-16)4-6-15/h1-2,7H,3-6H2. The second kappa shape index (κ2) is 5.14. The molecule has 0 atom stereocenters. The summed E-state index contributed by atoms with van der Waals surface area (Å²) in [5.74, 6) is -0.0835. The van der Waals surface area contributed by atoms with Crippen LogP contribution in [0.15, 0.2) is 18.3 Å². The first-order chi connectivity index (χ1) is 8.20. The molecule has 1 fully saturated rings. The number of halogens is 1. The van der Waals surface area contributed by atoms with Crippen molar-refractivity contribution < 1.29 is 9.59 Å². The average Bonchev–Trinajstić information content (AvgIpc) is 2.38. The first kappa shape index (κ1) is 11.9. The first-order valence-electron chi connectivity index (χ1n) is 5.24. The van der Waals surface area contributed by atoms with Crippen LogP contribution in [-0.2, 0) is 4.79 Å². The lowest BCUT2D eigenvalue weighted by atomic mass is 10.2. The van der Waals surface area contributed by atoms with Gasteiger partial charge in [0.1, 0.15) is 5.15 Å². The van der Waals surface area contributed by atoms with Gasteiger partial charge in [-0.3, -0.25) is 9.59 Å². The van der Waals surface area contributed by atoms with Gasteiger partial charge in [-0.05, 0) is 12.1 Å². The molecule has 2 rings (SSSR count). The predicted molar refractivity (Wildman–Crippen MR) is 62.4 cm³/mol. The maximum atomic E-state index is 12.1. The van der Waals surface area contributed by atoms with Crippen LogP contribution in [0.1, 0.15) is 10.4 Å². The van der Waals surface area contributed by atoms with Crippen LogP contribution in [0, 0.1) is 0 Å². The van der Waals surface area contributed by atoms with Gasteiger partial charge in [0.15, 0.2) is 0 Å². The van der Waals surface area contributed by atoms with Crippen LogP contribution in [0.2, 0.25) is 5.15 Å². The van der Waals surface area contributed by atoms with Gasteiger partial charge >= 0.3 is 6.41 Å². The zero-order chi connectivity index (χ0) is 12.3. The van der Waals surface area contributed by atoms with E-state index in [0.717, 1.165) is 0 Å². The smallest absolute Gasteiger partial charge is 0.312 e. The molecule has 0 bridgehead atoms. The molecule has 1 aliphatic rings. The monoisotopic (exact) mass is 252 g/mol. The molecule has 0 aliphatic carbocycles. The van der Waals surface area contributed by atoms with Gasteiger partial charge in [0.05, 0.1) is 0 Å². The minimum absolute atomic E-state index is 0.0835. The van der Waals surface area contributed by atoms with Gasteiger partial charge in [-0.25, -0.2) is 4.98 Å². The second-order valence-electron chi connectivity index (χ2n) is 3.74. The Morgan fingerprint density at radius 1 is 1.35 bits per heavy atom. The Bertz CT molecular complexity index is 430. The Hall–Kier alpha value is -1.62. The third kappa shape index (κ3) is 2.74. The largest absolute Gasteiger partial charge is 0.335 e. The van der Waals surface area contributed by atoms with E-state index in [1.807, 2.05) is 6.41 Å². The number of hydrogen-bond donors (Lipinski definition) is 0. The van der Waals surface area contributed by atoms with Crippen molar-refractivity contribution in [3.63, 3.8) is 0 Å². The molecule has 5 nitrogen and oxygen atoms in total. The zero-order valence-corrected chi connectivity index (χ0v) is 9.85. The highest BCUT2D eigenvalue weighted by Gasteiger charge is 2.21. The maximum Gasteiger partial charge on any atom is 0.312 e. The number of rotatable bonds is 2. The second-order valence-corrected chi connectivity index (χ2v) is 4.13. The van der Waals surface area contributed by atoms with E-state index in [1.54, 1.807) is 17.0 Å². The molecule has 0 spiro atoms.